The lowest BCUT2D eigenvalue weighted by molar-refractivity contribution is -0.0294. The number of hydrogen-bond donors (Lipinski definition) is 0. The van der Waals surface area contributed by atoms with Crippen LogP contribution in [0.5, 0.6) is 0 Å². The predicted molar refractivity (Wildman–Crippen MR) is 113 cm³/mol. The number of rotatable bonds is 4. The average molecular weight is 429 g/mol. The second kappa shape index (κ2) is 7.87. The van der Waals surface area contributed by atoms with Gasteiger partial charge in [0, 0.05) is 37.3 Å². The van der Waals surface area contributed by atoms with Gasteiger partial charge in [0.1, 0.15) is 5.82 Å². The highest BCUT2D eigenvalue weighted by Crippen LogP contribution is 2.34. The lowest BCUT2D eigenvalue weighted by Crippen LogP contribution is -2.52. The molecule has 0 amide bonds. The smallest absolute Gasteiger partial charge is 0.336 e. The molecule has 0 atom stereocenters. The number of halogens is 1. The number of benzene rings is 1. The van der Waals surface area contributed by atoms with Crippen molar-refractivity contribution in [1.29, 1.82) is 0 Å². The predicted octanol–water partition coefficient (Wildman–Crippen LogP) is 3.08. The molecule has 0 spiro atoms. The van der Waals surface area contributed by atoms with Gasteiger partial charge < -0.3 is 9.26 Å². The summed E-state index contributed by atoms with van der Waals surface area (Å²) in [7, 11) is 0. The number of piperidine rings is 1. The van der Waals surface area contributed by atoms with E-state index in [1.807, 2.05) is 6.92 Å². The van der Waals surface area contributed by atoms with E-state index in [0.717, 1.165) is 52.0 Å². The van der Waals surface area contributed by atoms with Crippen LogP contribution >= 0.6 is 0 Å². The van der Waals surface area contributed by atoms with Crippen molar-refractivity contribution in [1.82, 2.24) is 24.2 Å². The highest BCUT2D eigenvalue weighted by Gasteiger charge is 2.37. The van der Waals surface area contributed by atoms with Gasteiger partial charge in [-0.3, -0.25) is 9.47 Å². The van der Waals surface area contributed by atoms with Crippen molar-refractivity contribution in [2.75, 3.05) is 26.3 Å². The number of fused-ring (bicyclic) bond motifs is 1. The van der Waals surface area contributed by atoms with Crippen LogP contribution in [-0.2, 0) is 11.3 Å². The fourth-order valence-corrected chi connectivity index (χ4v) is 5.01. The van der Waals surface area contributed by atoms with Crippen LogP contribution in [-0.4, -0.2) is 56.0 Å². The van der Waals surface area contributed by atoms with E-state index in [-0.39, 0.29) is 23.1 Å². The fourth-order valence-electron chi connectivity index (χ4n) is 5.01. The molecule has 2 aromatic heterocycles. The molecule has 0 saturated carbocycles. The Morgan fingerprint density at radius 1 is 1.19 bits per heavy atom. The molecule has 8 nitrogen and oxygen atoms in total. The van der Waals surface area contributed by atoms with Crippen LogP contribution in [0.4, 0.5) is 4.39 Å². The van der Waals surface area contributed by atoms with E-state index in [1.165, 1.54) is 16.7 Å². The second-order valence-electron chi connectivity index (χ2n) is 8.80. The third-order valence-corrected chi connectivity index (χ3v) is 7.02. The maximum Gasteiger partial charge on any atom is 0.336 e. The molecule has 0 N–H and O–H groups in total. The first-order valence-corrected chi connectivity index (χ1v) is 11.1. The number of nitrogens with zero attached hydrogens (tertiary/aromatic N) is 5. The van der Waals surface area contributed by atoms with Gasteiger partial charge in [0.25, 0.3) is 5.95 Å². The number of aryl methyl sites for hydroxylation is 1. The quantitative estimate of drug-likeness (QED) is 0.634. The third kappa shape index (κ3) is 3.49. The molecule has 0 radical (unpaired) electrons. The molecule has 0 unspecified atom stereocenters. The van der Waals surface area contributed by atoms with Crippen molar-refractivity contribution in [2.45, 2.75) is 57.5 Å². The van der Waals surface area contributed by atoms with E-state index >= 15 is 0 Å². The molecule has 2 aliphatic heterocycles. The van der Waals surface area contributed by atoms with Gasteiger partial charge in [-0.05, 0) is 69.9 Å². The van der Waals surface area contributed by atoms with Crippen molar-refractivity contribution in [3.8, 4) is 5.95 Å². The number of imidazole rings is 1. The van der Waals surface area contributed by atoms with Crippen LogP contribution in [0.3, 0.4) is 0 Å². The molecule has 2 aliphatic rings. The minimum absolute atomic E-state index is 0.160. The largest absolute Gasteiger partial charge is 0.381 e. The average Bonchev–Trinajstić information content (AvgIpc) is 3.36. The normalized spacial score (nSPS) is 20.5. The molecule has 4 heterocycles. The third-order valence-electron chi connectivity index (χ3n) is 7.02. The van der Waals surface area contributed by atoms with E-state index in [2.05, 4.69) is 22.0 Å². The molecule has 1 aromatic carbocycles. The Bertz CT molecular complexity index is 1140. The molecule has 5 rings (SSSR count). The van der Waals surface area contributed by atoms with Crippen LogP contribution in [0.1, 0.15) is 51.3 Å². The van der Waals surface area contributed by atoms with Gasteiger partial charge in [-0.15, -0.1) is 0 Å². The summed E-state index contributed by atoms with van der Waals surface area (Å²) in [4.78, 5) is 20.1. The standard InChI is InChI=1S/C22H28FN5O3/c1-3-27-17-5-4-16(23)14-18(17)28(21(27)29)20-24-19(31-25-20)15-6-10-26(11-7-15)22(2)8-12-30-13-9-22/h4-5,14-15H,3,6-13H2,1-2H3. The van der Waals surface area contributed by atoms with Crippen molar-refractivity contribution >= 4 is 11.0 Å². The van der Waals surface area contributed by atoms with Crippen LogP contribution in [0.2, 0.25) is 0 Å². The maximum atomic E-state index is 13.9. The number of ether oxygens (including phenoxy) is 1. The monoisotopic (exact) mass is 429 g/mol. The number of aromatic nitrogens is 4. The topological polar surface area (TPSA) is 78.3 Å². The van der Waals surface area contributed by atoms with Crippen molar-refractivity contribution in [2.24, 2.45) is 0 Å². The van der Waals surface area contributed by atoms with Crippen molar-refractivity contribution in [3.05, 3.63) is 40.4 Å². The van der Waals surface area contributed by atoms with Crippen LogP contribution in [0, 0.1) is 5.82 Å². The minimum atomic E-state index is -0.410. The molecular formula is C22H28FN5O3. The van der Waals surface area contributed by atoms with Gasteiger partial charge in [-0.2, -0.15) is 4.98 Å². The van der Waals surface area contributed by atoms with Gasteiger partial charge in [-0.1, -0.05) is 0 Å². The van der Waals surface area contributed by atoms with E-state index in [1.54, 1.807) is 10.6 Å². The van der Waals surface area contributed by atoms with E-state index in [4.69, 9.17) is 9.26 Å². The Morgan fingerprint density at radius 3 is 2.65 bits per heavy atom. The molecule has 3 aromatic rings. The maximum absolute atomic E-state index is 13.9. The summed E-state index contributed by atoms with van der Waals surface area (Å²) >= 11 is 0. The van der Waals surface area contributed by atoms with Gasteiger partial charge >= 0.3 is 5.69 Å². The van der Waals surface area contributed by atoms with E-state index in [9.17, 15) is 9.18 Å². The lowest BCUT2D eigenvalue weighted by atomic mass is 9.86. The Labute approximate surface area is 179 Å². The Hall–Kier alpha value is -2.52. The Morgan fingerprint density at radius 2 is 1.94 bits per heavy atom. The molecule has 2 saturated heterocycles. The first-order chi connectivity index (χ1) is 15.0. The number of hydrogen-bond acceptors (Lipinski definition) is 6. The minimum Gasteiger partial charge on any atom is -0.381 e. The summed E-state index contributed by atoms with van der Waals surface area (Å²) in [6, 6.07) is 4.30. The van der Waals surface area contributed by atoms with Gasteiger partial charge in [0.2, 0.25) is 5.89 Å². The second-order valence-corrected chi connectivity index (χ2v) is 8.80. The summed E-state index contributed by atoms with van der Waals surface area (Å²) in [5.74, 6) is 0.467. The van der Waals surface area contributed by atoms with Crippen LogP contribution < -0.4 is 5.69 Å². The molecule has 9 heteroatoms. The first kappa shape index (κ1) is 20.4. The zero-order valence-electron chi connectivity index (χ0n) is 18.0. The van der Waals surface area contributed by atoms with Gasteiger partial charge in [-0.25, -0.2) is 13.8 Å². The summed E-state index contributed by atoms with van der Waals surface area (Å²) in [5, 5.41) is 4.08. The molecule has 31 heavy (non-hydrogen) atoms. The van der Waals surface area contributed by atoms with Crippen molar-refractivity contribution < 1.29 is 13.7 Å². The first-order valence-electron chi connectivity index (χ1n) is 11.1. The van der Waals surface area contributed by atoms with Gasteiger partial charge in [0.05, 0.1) is 11.0 Å². The summed E-state index contributed by atoms with van der Waals surface area (Å²) in [6.07, 6.45) is 3.98. The molecule has 2 fully saturated rings. The van der Waals surface area contributed by atoms with Crippen LogP contribution in [0.25, 0.3) is 17.0 Å². The molecular weight excluding hydrogens is 401 g/mol. The van der Waals surface area contributed by atoms with E-state index < -0.39 is 5.82 Å². The summed E-state index contributed by atoms with van der Waals surface area (Å²) in [6.45, 7) is 8.27. The SMILES string of the molecule is CCn1c(=O)n(-c2noc(C3CCN(C4(C)CCOCC4)CC3)n2)c2cc(F)ccc21. The Balaban J connectivity index is 1.39. The molecule has 0 aliphatic carbocycles. The lowest BCUT2D eigenvalue weighted by Gasteiger charge is -2.46. The fraction of sp³-hybridized carbons (Fsp3) is 0.591. The summed E-state index contributed by atoms with van der Waals surface area (Å²) in [5.41, 5.74) is 1.00. The van der Waals surface area contributed by atoms with Gasteiger partial charge in [0.15, 0.2) is 0 Å². The zero-order valence-corrected chi connectivity index (χ0v) is 18.0. The van der Waals surface area contributed by atoms with Crippen LogP contribution in [0.15, 0.2) is 27.5 Å². The highest BCUT2D eigenvalue weighted by atomic mass is 19.1. The highest BCUT2D eigenvalue weighted by molar-refractivity contribution is 5.77. The number of likely N-dealkylation sites (tertiary alicyclic amines) is 1. The molecule has 166 valence electrons. The molecule has 0 bridgehead atoms. The zero-order chi connectivity index (χ0) is 21.6. The van der Waals surface area contributed by atoms with E-state index in [0.29, 0.717) is 23.5 Å². The summed E-state index contributed by atoms with van der Waals surface area (Å²) < 4.78 is 27.9. The van der Waals surface area contributed by atoms with Crippen molar-refractivity contribution in [3.63, 3.8) is 0 Å². The Kier molecular flexibility index (Phi) is 5.18.